The minimum absolute atomic E-state index is 0.169. The summed E-state index contributed by atoms with van der Waals surface area (Å²) in [6.45, 7) is 0.578. The third kappa shape index (κ3) is 8.50. The van der Waals surface area contributed by atoms with Crippen molar-refractivity contribution in [2.24, 2.45) is 0 Å². The summed E-state index contributed by atoms with van der Waals surface area (Å²) in [6.07, 6.45) is -4.56. The van der Waals surface area contributed by atoms with Crippen LogP contribution in [0.3, 0.4) is 0 Å². The average Bonchev–Trinajstić information content (AvgIpc) is 3.06. The largest absolute Gasteiger partial charge is 0.497 e. The number of aliphatic hydroxyl groups excluding tert-OH is 1. The van der Waals surface area contributed by atoms with E-state index in [2.05, 4.69) is 0 Å². The van der Waals surface area contributed by atoms with Gasteiger partial charge in [-0.15, -0.1) is 0 Å². The third-order valence-electron chi connectivity index (χ3n) is 7.17. The molecule has 1 fully saturated rings. The summed E-state index contributed by atoms with van der Waals surface area (Å²) in [5.74, 6) is 0.0939. The van der Waals surface area contributed by atoms with Crippen molar-refractivity contribution >= 4 is 5.97 Å². The number of hydrogen-bond donors (Lipinski definition) is 1. The Hall–Kier alpha value is -4.05. The first kappa shape index (κ1) is 30.4. The summed E-state index contributed by atoms with van der Waals surface area (Å²) in [4.78, 5) is 12.9. The topological polar surface area (TPSA) is 92.7 Å². The first-order chi connectivity index (χ1) is 21.1. The molecule has 4 aromatic rings. The van der Waals surface area contributed by atoms with E-state index < -0.39 is 36.7 Å². The Morgan fingerprint density at radius 1 is 0.651 bits per heavy atom. The first-order valence-electron chi connectivity index (χ1n) is 14.2. The second kappa shape index (κ2) is 15.4. The Morgan fingerprint density at radius 2 is 1.12 bits per heavy atom. The Labute approximate surface area is 251 Å². The van der Waals surface area contributed by atoms with Gasteiger partial charge in [-0.1, -0.05) is 91.0 Å². The molecule has 0 spiro atoms. The second-order valence-electron chi connectivity index (χ2n) is 10.2. The zero-order valence-corrected chi connectivity index (χ0v) is 24.0. The highest BCUT2D eigenvalue weighted by Gasteiger charge is 2.48. The monoisotopic (exact) mass is 584 g/mol. The second-order valence-corrected chi connectivity index (χ2v) is 10.2. The maximum absolute atomic E-state index is 12.9. The van der Waals surface area contributed by atoms with E-state index in [4.69, 9.17) is 28.4 Å². The van der Waals surface area contributed by atoms with Gasteiger partial charge in [-0.25, -0.2) is 4.79 Å². The molecular formula is C35H36O8. The van der Waals surface area contributed by atoms with Crippen molar-refractivity contribution in [2.45, 2.75) is 50.5 Å². The highest BCUT2D eigenvalue weighted by molar-refractivity contribution is 5.89. The van der Waals surface area contributed by atoms with Crippen molar-refractivity contribution < 1.29 is 38.3 Å². The smallest absolute Gasteiger partial charge is 0.338 e. The predicted molar refractivity (Wildman–Crippen MR) is 159 cm³/mol. The molecule has 43 heavy (non-hydrogen) atoms. The summed E-state index contributed by atoms with van der Waals surface area (Å²) in [5.41, 5.74) is 3.20. The summed E-state index contributed by atoms with van der Waals surface area (Å²) < 4.78 is 36.0. The van der Waals surface area contributed by atoms with Gasteiger partial charge in [0.15, 0.2) is 6.29 Å². The molecule has 8 nitrogen and oxygen atoms in total. The number of aliphatic hydroxyl groups is 1. The van der Waals surface area contributed by atoms with Crippen molar-refractivity contribution in [1.82, 2.24) is 0 Å². The van der Waals surface area contributed by atoms with Crippen LogP contribution in [-0.4, -0.2) is 55.5 Å². The molecular weight excluding hydrogens is 548 g/mol. The molecule has 8 heteroatoms. The molecule has 0 aliphatic carbocycles. The van der Waals surface area contributed by atoms with Gasteiger partial charge in [-0.2, -0.15) is 0 Å². The van der Waals surface area contributed by atoms with Gasteiger partial charge >= 0.3 is 5.97 Å². The van der Waals surface area contributed by atoms with E-state index in [1.807, 2.05) is 91.0 Å². The Morgan fingerprint density at radius 3 is 1.60 bits per heavy atom. The lowest BCUT2D eigenvalue weighted by Gasteiger charge is -2.44. The SMILES string of the molecule is COc1ccc(C(=O)OCC2OC(O)C(OCc3ccccc3)C(OCc3ccccc3)C2OCc2ccccc2)cc1. The molecule has 0 radical (unpaired) electrons. The molecule has 1 aliphatic rings. The summed E-state index contributed by atoms with van der Waals surface area (Å²) in [5, 5.41) is 11.2. The quantitative estimate of drug-likeness (QED) is 0.211. The Balaban J connectivity index is 1.37. The fraction of sp³-hybridized carbons (Fsp3) is 0.286. The number of carbonyl (C=O) groups excluding carboxylic acids is 1. The number of hydrogen-bond acceptors (Lipinski definition) is 8. The molecule has 224 valence electrons. The van der Waals surface area contributed by atoms with Gasteiger partial charge in [0, 0.05) is 0 Å². The van der Waals surface area contributed by atoms with Crippen LogP contribution >= 0.6 is 0 Å². The summed E-state index contributed by atoms with van der Waals surface area (Å²) in [7, 11) is 1.56. The number of ether oxygens (including phenoxy) is 6. The van der Waals surface area contributed by atoms with Crippen molar-refractivity contribution in [3.8, 4) is 5.75 Å². The van der Waals surface area contributed by atoms with Crippen molar-refractivity contribution in [2.75, 3.05) is 13.7 Å². The zero-order valence-electron chi connectivity index (χ0n) is 24.0. The predicted octanol–water partition coefficient (Wildman–Crippen LogP) is 5.33. The van der Waals surface area contributed by atoms with Crippen LogP contribution in [0.15, 0.2) is 115 Å². The third-order valence-corrected chi connectivity index (χ3v) is 7.17. The van der Waals surface area contributed by atoms with Crippen LogP contribution in [0, 0.1) is 0 Å². The zero-order chi connectivity index (χ0) is 29.9. The summed E-state index contributed by atoms with van der Waals surface area (Å²) in [6, 6.07) is 35.7. The minimum atomic E-state index is -1.36. The molecule has 5 rings (SSSR count). The molecule has 1 saturated heterocycles. The van der Waals surface area contributed by atoms with Crippen LogP contribution in [-0.2, 0) is 43.5 Å². The maximum Gasteiger partial charge on any atom is 0.338 e. The normalized spacial score (nSPS) is 21.7. The molecule has 4 aromatic carbocycles. The van der Waals surface area contributed by atoms with Crippen LogP contribution in [0.2, 0.25) is 0 Å². The molecule has 5 unspecified atom stereocenters. The first-order valence-corrected chi connectivity index (χ1v) is 14.2. The fourth-order valence-corrected chi connectivity index (χ4v) is 4.87. The van der Waals surface area contributed by atoms with Gasteiger partial charge in [0.1, 0.15) is 36.8 Å². The molecule has 1 N–H and O–H groups in total. The number of methoxy groups -OCH3 is 1. The van der Waals surface area contributed by atoms with E-state index in [9.17, 15) is 9.90 Å². The van der Waals surface area contributed by atoms with Crippen LogP contribution in [0.5, 0.6) is 5.75 Å². The lowest BCUT2D eigenvalue weighted by Crippen LogP contribution is -2.61. The highest BCUT2D eigenvalue weighted by atomic mass is 16.7. The van der Waals surface area contributed by atoms with Gasteiger partial charge in [-0.3, -0.25) is 0 Å². The van der Waals surface area contributed by atoms with E-state index in [0.29, 0.717) is 11.3 Å². The van der Waals surface area contributed by atoms with Crippen LogP contribution in [0.4, 0.5) is 0 Å². The van der Waals surface area contributed by atoms with Gasteiger partial charge in [0.2, 0.25) is 0 Å². The molecule has 1 heterocycles. The lowest BCUT2D eigenvalue weighted by molar-refractivity contribution is -0.315. The van der Waals surface area contributed by atoms with Gasteiger partial charge in [0.05, 0.1) is 32.5 Å². The van der Waals surface area contributed by atoms with E-state index >= 15 is 0 Å². The molecule has 0 saturated carbocycles. The Bertz CT molecular complexity index is 1380. The molecule has 0 aromatic heterocycles. The van der Waals surface area contributed by atoms with Crippen molar-refractivity contribution in [3.05, 3.63) is 138 Å². The fourth-order valence-electron chi connectivity index (χ4n) is 4.87. The van der Waals surface area contributed by atoms with Gasteiger partial charge < -0.3 is 33.5 Å². The standard InChI is InChI=1S/C35H36O8/c1-38-29-19-17-28(18-20-29)34(36)42-24-30-31(39-21-25-11-5-2-6-12-25)32(40-22-26-13-7-3-8-14-26)33(35(37)43-30)41-23-27-15-9-4-10-16-27/h2-20,30-33,35,37H,21-24H2,1H3. The van der Waals surface area contributed by atoms with E-state index in [0.717, 1.165) is 16.7 Å². The minimum Gasteiger partial charge on any atom is -0.497 e. The maximum atomic E-state index is 12.9. The van der Waals surface area contributed by atoms with Crippen molar-refractivity contribution in [3.63, 3.8) is 0 Å². The van der Waals surface area contributed by atoms with Crippen LogP contribution in [0.1, 0.15) is 27.0 Å². The van der Waals surface area contributed by atoms with E-state index in [1.54, 1.807) is 31.4 Å². The van der Waals surface area contributed by atoms with E-state index in [-0.39, 0.29) is 26.4 Å². The van der Waals surface area contributed by atoms with Gasteiger partial charge in [-0.05, 0) is 41.0 Å². The van der Waals surface area contributed by atoms with Crippen molar-refractivity contribution in [1.29, 1.82) is 0 Å². The van der Waals surface area contributed by atoms with Crippen LogP contribution in [0.25, 0.3) is 0 Å². The number of rotatable bonds is 13. The number of benzene rings is 4. The lowest BCUT2D eigenvalue weighted by atomic mass is 9.98. The highest BCUT2D eigenvalue weighted by Crippen LogP contribution is 2.30. The van der Waals surface area contributed by atoms with Gasteiger partial charge in [0.25, 0.3) is 0 Å². The number of esters is 1. The molecule has 0 amide bonds. The average molecular weight is 585 g/mol. The Kier molecular flexibility index (Phi) is 10.9. The summed E-state index contributed by atoms with van der Waals surface area (Å²) >= 11 is 0. The van der Waals surface area contributed by atoms with E-state index in [1.165, 1.54) is 0 Å². The van der Waals surface area contributed by atoms with Crippen LogP contribution < -0.4 is 4.74 Å². The number of carbonyl (C=O) groups is 1. The molecule has 1 aliphatic heterocycles. The molecule has 0 bridgehead atoms. The molecule has 5 atom stereocenters.